The number of carbonyl (C=O) groups excluding carboxylic acids is 1. The minimum absolute atomic E-state index is 0.182. The molecule has 0 bridgehead atoms. The second kappa shape index (κ2) is 9.52. The molecule has 1 N–H and O–H groups in total. The highest BCUT2D eigenvalue weighted by molar-refractivity contribution is 5.78. The summed E-state index contributed by atoms with van der Waals surface area (Å²) in [7, 11) is 0. The predicted octanol–water partition coefficient (Wildman–Crippen LogP) is 3.36. The Kier molecular flexibility index (Phi) is 7.08. The summed E-state index contributed by atoms with van der Waals surface area (Å²) >= 11 is 0. The molecule has 2 heterocycles. The van der Waals surface area contributed by atoms with Crippen LogP contribution in [0, 0.1) is 12.8 Å². The molecule has 27 heavy (non-hydrogen) atoms. The lowest BCUT2D eigenvalue weighted by atomic mass is 9.92. The van der Waals surface area contributed by atoms with E-state index in [1.165, 1.54) is 37.1 Å². The molecule has 2 aliphatic rings. The van der Waals surface area contributed by atoms with Gasteiger partial charge in [0, 0.05) is 25.0 Å². The Balaban J connectivity index is 1.40. The van der Waals surface area contributed by atoms with Crippen LogP contribution in [0.5, 0.6) is 0 Å². The molecule has 148 valence electrons. The minimum Gasteiger partial charge on any atom is -0.352 e. The van der Waals surface area contributed by atoms with Crippen molar-refractivity contribution < 1.29 is 4.79 Å². The molecular weight excluding hydrogens is 334 g/mol. The van der Waals surface area contributed by atoms with Gasteiger partial charge >= 0.3 is 0 Å². The van der Waals surface area contributed by atoms with E-state index in [2.05, 4.69) is 52.9 Å². The Hall–Kier alpha value is -1.65. The Morgan fingerprint density at radius 1 is 1.11 bits per heavy atom. The zero-order chi connectivity index (χ0) is 19.2. The van der Waals surface area contributed by atoms with Gasteiger partial charge < -0.3 is 10.2 Å². The topological polar surface area (TPSA) is 35.6 Å². The lowest BCUT2D eigenvalue weighted by molar-refractivity contribution is -0.126. The van der Waals surface area contributed by atoms with Crippen LogP contribution >= 0.6 is 0 Å². The van der Waals surface area contributed by atoms with Crippen molar-refractivity contribution in [2.75, 3.05) is 32.7 Å². The van der Waals surface area contributed by atoms with Crippen LogP contribution in [0.1, 0.15) is 43.7 Å². The molecule has 3 rings (SSSR count). The summed E-state index contributed by atoms with van der Waals surface area (Å²) in [6.45, 7) is 14.2. The maximum atomic E-state index is 12.3. The molecule has 2 saturated heterocycles. The zero-order valence-electron chi connectivity index (χ0n) is 17.0. The fourth-order valence-electron chi connectivity index (χ4n) is 4.38. The standard InChI is InChI=1S/C23H35N3O/c1-18(2)16-24-23(27)20-8-14-26(15-9-20)22-10-12-25(13-11-22)17-21-7-5-4-6-19(21)3/h4-7,20,22H,1,8-17H2,2-3H3,(H,24,27). The molecule has 0 atom stereocenters. The summed E-state index contributed by atoms with van der Waals surface area (Å²) in [5.41, 5.74) is 3.86. The van der Waals surface area contributed by atoms with Gasteiger partial charge in [0.1, 0.15) is 0 Å². The first-order valence-corrected chi connectivity index (χ1v) is 10.5. The maximum absolute atomic E-state index is 12.3. The lowest BCUT2D eigenvalue weighted by Crippen LogP contribution is -2.49. The van der Waals surface area contributed by atoms with Crippen molar-refractivity contribution in [1.82, 2.24) is 15.1 Å². The fraction of sp³-hybridized carbons (Fsp3) is 0.609. The number of likely N-dealkylation sites (tertiary alicyclic amines) is 2. The van der Waals surface area contributed by atoms with Gasteiger partial charge in [-0.1, -0.05) is 36.4 Å². The van der Waals surface area contributed by atoms with Crippen LogP contribution in [0.2, 0.25) is 0 Å². The molecular formula is C23H35N3O. The maximum Gasteiger partial charge on any atom is 0.223 e. The smallest absolute Gasteiger partial charge is 0.223 e. The van der Waals surface area contributed by atoms with Crippen molar-refractivity contribution in [1.29, 1.82) is 0 Å². The van der Waals surface area contributed by atoms with Crippen molar-refractivity contribution in [3.63, 3.8) is 0 Å². The van der Waals surface area contributed by atoms with Gasteiger partial charge in [0.05, 0.1) is 0 Å². The van der Waals surface area contributed by atoms with E-state index in [1.54, 1.807) is 0 Å². The number of benzene rings is 1. The largest absolute Gasteiger partial charge is 0.352 e. The first kappa shape index (κ1) is 20.1. The van der Waals surface area contributed by atoms with Crippen molar-refractivity contribution in [2.45, 2.75) is 52.1 Å². The molecule has 4 nitrogen and oxygen atoms in total. The molecule has 1 aromatic rings. The summed E-state index contributed by atoms with van der Waals surface area (Å²) < 4.78 is 0. The van der Waals surface area contributed by atoms with Crippen LogP contribution in [-0.2, 0) is 11.3 Å². The third kappa shape index (κ3) is 5.66. The second-order valence-electron chi connectivity index (χ2n) is 8.42. The van der Waals surface area contributed by atoms with Gasteiger partial charge in [-0.05, 0) is 76.8 Å². The second-order valence-corrected chi connectivity index (χ2v) is 8.42. The van der Waals surface area contributed by atoms with Gasteiger partial charge in [0.2, 0.25) is 5.91 Å². The van der Waals surface area contributed by atoms with Gasteiger partial charge in [0.25, 0.3) is 0 Å². The summed E-state index contributed by atoms with van der Waals surface area (Å²) in [6.07, 6.45) is 4.48. The number of piperidine rings is 2. The van der Waals surface area contributed by atoms with E-state index in [-0.39, 0.29) is 11.8 Å². The van der Waals surface area contributed by atoms with Crippen molar-refractivity contribution >= 4 is 5.91 Å². The monoisotopic (exact) mass is 369 g/mol. The summed E-state index contributed by atoms with van der Waals surface area (Å²) in [6, 6.07) is 9.42. The summed E-state index contributed by atoms with van der Waals surface area (Å²) in [5.74, 6) is 0.396. The third-order valence-corrected chi connectivity index (χ3v) is 6.19. The quantitative estimate of drug-likeness (QED) is 0.781. The van der Waals surface area contributed by atoms with E-state index >= 15 is 0 Å². The number of amides is 1. The molecule has 1 amide bonds. The molecule has 4 heteroatoms. The van der Waals surface area contributed by atoms with Crippen LogP contribution in [0.25, 0.3) is 0 Å². The van der Waals surface area contributed by atoms with Gasteiger partial charge in [-0.2, -0.15) is 0 Å². The van der Waals surface area contributed by atoms with Crippen LogP contribution in [-0.4, -0.2) is 54.5 Å². The average Bonchev–Trinajstić information content (AvgIpc) is 2.68. The van der Waals surface area contributed by atoms with E-state index < -0.39 is 0 Å². The third-order valence-electron chi connectivity index (χ3n) is 6.19. The zero-order valence-corrected chi connectivity index (χ0v) is 17.0. The van der Waals surface area contributed by atoms with Gasteiger partial charge in [0.15, 0.2) is 0 Å². The average molecular weight is 370 g/mol. The van der Waals surface area contributed by atoms with E-state index in [0.717, 1.165) is 38.0 Å². The highest BCUT2D eigenvalue weighted by Crippen LogP contribution is 2.25. The summed E-state index contributed by atoms with van der Waals surface area (Å²) in [5, 5.41) is 3.02. The number of rotatable bonds is 6. The van der Waals surface area contributed by atoms with Gasteiger partial charge in [-0.3, -0.25) is 9.69 Å². The van der Waals surface area contributed by atoms with E-state index in [9.17, 15) is 4.79 Å². The van der Waals surface area contributed by atoms with E-state index in [0.29, 0.717) is 12.6 Å². The number of aryl methyl sites for hydroxylation is 1. The number of nitrogens with zero attached hydrogens (tertiary/aromatic N) is 2. The lowest BCUT2D eigenvalue weighted by Gasteiger charge is -2.41. The number of carbonyl (C=O) groups is 1. The predicted molar refractivity (Wildman–Crippen MR) is 112 cm³/mol. The number of nitrogens with one attached hydrogen (secondary N) is 1. The van der Waals surface area contributed by atoms with Crippen molar-refractivity contribution in [3.8, 4) is 0 Å². The molecule has 0 unspecified atom stereocenters. The number of hydrogen-bond donors (Lipinski definition) is 1. The van der Waals surface area contributed by atoms with Gasteiger partial charge in [-0.15, -0.1) is 0 Å². The van der Waals surface area contributed by atoms with Crippen molar-refractivity contribution in [3.05, 3.63) is 47.5 Å². The van der Waals surface area contributed by atoms with E-state index in [1.807, 2.05) is 6.92 Å². The molecule has 0 saturated carbocycles. The Morgan fingerprint density at radius 3 is 2.41 bits per heavy atom. The highest BCUT2D eigenvalue weighted by Gasteiger charge is 2.30. The first-order chi connectivity index (χ1) is 13.0. The van der Waals surface area contributed by atoms with Crippen molar-refractivity contribution in [2.24, 2.45) is 5.92 Å². The molecule has 2 aliphatic heterocycles. The molecule has 1 aromatic carbocycles. The van der Waals surface area contributed by atoms with E-state index in [4.69, 9.17) is 0 Å². The first-order valence-electron chi connectivity index (χ1n) is 10.5. The highest BCUT2D eigenvalue weighted by atomic mass is 16.1. The fourth-order valence-corrected chi connectivity index (χ4v) is 4.38. The Morgan fingerprint density at radius 2 is 1.78 bits per heavy atom. The van der Waals surface area contributed by atoms with Crippen LogP contribution in [0.3, 0.4) is 0 Å². The van der Waals surface area contributed by atoms with Gasteiger partial charge in [-0.25, -0.2) is 0 Å². The molecule has 0 aromatic heterocycles. The van der Waals surface area contributed by atoms with Crippen LogP contribution < -0.4 is 5.32 Å². The Bertz CT molecular complexity index is 641. The van der Waals surface area contributed by atoms with Crippen LogP contribution in [0.15, 0.2) is 36.4 Å². The van der Waals surface area contributed by atoms with Crippen LogP contribution in [0.4, 0.5) is 0 Å². The molecule has 0 radical (unpaired) electrons. The normalized spacial score (nSPS) is 20.5. The SMILES string of the molecule is C=C(C)CNC(=O)C1CCN(C2CCN(Cc3ccccc3C)CC2)CC1. The summed E-state index contributed by atoms with van der Waals surface area (Å²) in [4.78, 5) is 17.5. The molecule has 0 spiro atoms. The number of hydrogen-bond acceptors (Lipinski definition) is 3. The minimum atomic E-state index is 0.182. The Labute approximate surface area is 164 Å². The molecule has 0 aliphatic carbocycles. The molecule has 2 fully saturated rings.